The van der Waals surface area contributed by atoms with Crippen molar-refractivity contribution in [3.05, 3.63) is 64.3 Å². The highest BCUT2D eigenvalue weighted by Crippen LogP contribution is 2.30. The number of amides is 1. The lowest BCUT2D eigenvalue weighted by atomic mass is 10.2. The molecule has 1 aromatic carbocycles. The van der Waals surface area contributed by atoms with Crippen LogP contribution >= 0.6 is 0 Å². The quantitative estimate of drug-likeness (QED) is 0.743. The number of aryl methyl sites for hydroxylation is 1. The van der Waals surface area contributed by atoms with Crippen molar-refractivity contribution in [2.45, 2.75) is 12.6 Å². The maximum atomic E-state index is 12.9. The van der Waals surface area contributed by atoms with Gasteiger partial charge in [0.1, 0.15) is 5.69 Å². The third-order valence-corrected chi connectivity index (χ3v) is 3.62. The number of hydrogen-bond donors (Lipinski definition) is 2. The summed E-state index contributed by atoms with van der Waals surface area (Å²) in [6.45, 7) is 0. The minimum absolute atomic E-state index is 0.0325. The van der Waals surface area contributed by atoms with Crippen LogP contribution in [0.4, 0.5) is 18.9 Å². The van der Waals surface area contributed by atoms with Crippen LogP contribution in [0.3, 0.4) is 0 Å². The van der Waals surface area contributed by atoms with Crippen LogP contribution in [0.25, 0.3) is 5.69 Å². The molecule has 2 heterocycles. The smallest absolute Gasteiger partial charge is 0.326 e. The summed E-state index contributed by atoms with van der Waals surface area (Å²) in [5.74, 6) is -0.366. The number of aromatic amines is 1. The number of rotatable bonds is 4. The number of benzene rings is 1. The molecule has 0 aliphatic rings. The molecule has 0 spiro atoms. The van der Waals surface area contributed by atoms with Crippen molar-refractivity contribution in [3.63, 3.8) is 0 Å². The average molecular weight is 365 g/mol. The molecule has 2 aromatic heterocycles. The molecule has 0 radical (unpaired) electrons. The largest absolute Gasteiger partial charge is 0.433 e. The van der Waals surface area contributed by atoms with E-state index in [1.165, 1.54) is 42.1 Å². The molecular formula is C16H14F3N5O2. The molecule has 7 nitrogen and oxygen atoms in total. The summed E-state index contributed by atoms with van der Waals surface area (Å²) < 4.78 is 40.8. The fourth-order valence-corrected chi connectivity index (χ4v) is 2.43. The Morgan fingerprint density at radius 2 is 1.92 bits per heavy atom. The summed E-state index contributed by atoms with van der Waals surface area (Å²) >= 11 is 0. The van der Waals surface area contributed by atoms with E-state index in [0.29, 0.717) is 11.4 Å². The van der Waals surface area contributed by atoms with Gasteiger partial charge < -0.3 is 5.32 Å². The topological polar surface area (TPSA) is 84.7 Å². The number of hydrogen-bond acceptors (Lipinski definition) is 3. The predicted octanol–water partition coefficient (Wildman–Crippen LogP) is 2.10. The lowest BCUT2D eigenvalue weighted by molar-refractivity contribution is -0.142. The van der Waals surface area contributed by atoms with Crippen LogP contribution in [0.5, 0.6) is 0 Å². The Morgan fingerprint density at radius 3 is 2.50 bits per heavy atom. The average Bonchev–Trinajstić information content (AvgIpc) is 3.15. The van der Waals surface area contributed by atoms with Crippen molar-refractivity contribution in [3.8, 4) is 5.69 Å². The van der Waals surface area contributed by atoms with Gasteiger partial charge in [-0.2, -0.15) is 18.3 Å². The number of anilines is 1. The number of nitrogens with one attached hydrogen (secondary N) is 2. The summed E-state index contributed by atoms with van der Waals surface area (Å²) in [6.07, 6.45) is -3.48. The number of H-pyrrole nitrogens is 1. The van der Waals surface area contributed by atoms with E-state index in [0.717, 1.165) is 16.9 Å². The van der Waals surface area contributed by atoms with Gasteiger partial charge in [0.25, 0.3) is 5.56 Å². The maximum Gasteiger partial charge on any atom is 0.433 e. The van der Waals surface area contributed by atoms with Crippen molar-refractivity contribution in [2.24, 2.45) is 7.05 Å². The van der Waals surface area contributed by atoms with E-state index in [2.05, 4.69) is 15.5 Å². The highest BCUT2D eigenvalue weighted by atomic mass is 19.4. The zero-order valence-corrected chi connectivity index (χ0v) is 13.5. The van der Waals surface area contributed by atoms with Gasteiger partial charge in [-0.15, -0.1) is 0 Å². The predicted molar refractivity (Wildman–Crippen MR) is 86.9 cm³/mol. The van der Waals surface area contributed by atoms with Crippen molar-refractivity contribution in [2.75, 3.05) is 5.32 Å². The van der Waals surface area contributed by atoms with E-state index in [1.807, 2.05) is 0 Å². The molecule has 1 amide bonds. The zero-order valence-electron chi connectivity index (χ0n) is 13.5. The monoisotopic (exact) mass is 365 g/mol. The van der Waals surface area contributed by atoms with Gasteiger partial charge in [-0.05, 0) is 30.3 Å². The van der Waals surface area contributed by atoms with Crippen LogP contribution in [0.15, 0.2) is 47.4 Å². The highest BCUT2D eigenvalue weighted by Gasteiger charge is 2.35. The van der Waals surface area contributed by atoms with Gasteiger partial charge in [0.2, 0.25) is 5.91 Å². The van der Waals surface area contributed by atoms with Gasteiger partial charge in [0.15, 0.2) is 0 Å². The third-order valence-electron chi connectivity index (χ3n) is 3.62. The van der Waals surface area contributed by atoms with E-state index in [9.17, 15) is 22.8 Å². The van der Waals surface area contributed by atoms with Crippen LogP contribution < -0.4 is 10.9 Å². The molecule has 3 rings (SSSR count). The molecule has 136 valence electrons. The van der Waals surface area contributed by atoms with Gasteiger partial charge in [0, 0.05) is 24.5 Å². The zero-order chi connectivity index (χ0) is 18.9. The van der Waals surface area contributed by atoms with Gasteiger partial charge in [-0.1, -0.05) is 0 Å². The Bertz CT molecular complexity index is 982. The molecule has 3 aromatic rings. The minimum atomic E-state index is -4.52. The number of carbonyl (C=O) groups excluding carboxylic acids is 1. The van der Waals surface area contributed by atoms with E-state index < -0.39 is 11.9 Å². The SMILES string of the molecule is Cn1[nH]c(CC(=O)Nc2ccc(-n3nccc3C(F)(F)F)cc2)cc1=O. The Balaban J connectivity index is 1.71. The van der Waals surface area contributed by atoms with Gasteiger partial charge in [0.05, 0.1) is 18.3 Å². The number of nitrogens with zero attached hydrogens (tertiary/aromatic N) is 3. The number of alkyl halides is 3. The second-order valence-electron chi connectivity index (χ2n) is 5.58. The second-order valence-corrected chi connectivity index (χ2v) is 5.58. The van der Waals surface area contributed by atoms with E-state index in [1.54, 1.807) is 0 Å². The number of carbonyl (C=O) groups is 1. The van der Waals surface area contributed by atoms with Crippen molar-refractivity contribution in [1.29, 1.82) is 0 Å². The van der Waals surface area contributed by atoms with E-state index >= 15 is 0 Å². The molecule has 10 heteroatoms. The molecule has 0 unspecified atom stereocenters. The van der Waals surface area contributed by atoms with Gasteiger partial charge >= 0.3 is 6.18 Å². The molecular weight excluding hydrogens is 351 g/mol. The van der Waals surface area contributed by atoms with Gasteiger partial charge in [-0.3, -0.25) is 19.4 Å². The summed E-state index contributed by atoms with van der Waals surface area (Å²) in [6, 6.07) is 7.99. The number of halogens is 3. The molecule has 0 bridgehead atoms. The second kappa shape index (κ2) is 6.54. The molecule has 0 saturated heterocycles. The van der Waals surface area contributed by atoms with E-state index in [4.69, 9.17) is 0 Å². The van der Waals surface area contributed by atoms with Crippen molar-refractivity contribution >= 4 is 11.6 Å². The Hall–Kier alpha value is -3.30. The lowest BCUT2D eigenvalue weighted by Gasteiger charge is -2.11. The standard InChI is InChI=1S/C16H14F3N5O2/c1-23-15(26)9-11(22-23)8-14(25)21-10-2-4-12(5-3-10)24-13(6-7-20-24)16(17,18)19/h2-7,9,22H,8H2,1H3,(H,21,25). The Morgan fingerprint density at radius 1 is 1.23 bits per heavy atom. The summed E-state index contributed by atoms with van der Waals surface area (Å²) in [5.41, 5.74) is -0.0531. The first-order valence-electron chi connectivity index (χ1n) is 7.50. The summed E-state index contributed by atoms with van der Waals surface area (Å²) in [4.78, 5) is 23.3. The summed E-state index contributed by atoms with van der Waals surface area (Å²) in [5, 5.41) is 9.03. The normalized spacial score (nSPS) is 11.5. The molecule has 26 heavy (non-hydrogen) atoms. The minimum Gasteiger partial charge on any atom is -0.326 e. The maximum absolute atomic E-state index is 12.9. The fourth-order valence-electron chi connectivity index (χ4n) is 2.43. The van der Waals surface area contributed by atoms with Crippen LogP contribution in [-0.4, -0.2) is 25.5 Å². The van der Waals surface area contributed by atoms with Crippen molar-refractivity contribution in [1.82, 2.24) is 19.6 Å². The van der Waals surface area contributed by atoms with Crippen LogP contribution in [0, 0.1) is 0 Å². The molecule has 0 saturated carbocycles. The molecule has 0 fully saturated rings. The Kier molecular flexibility index (Phi) is 4.41. The number of aromatic nitrogens is 4. The molecule has 0 atom stereocenters. The van der Waals surface area contributed by atoms with Crippen LogP contribution in [0.2, 0.25) is 0 Å². The molecule has 0 aliphatic heterocycles. The lowest BCUT2D eigenvalue weighted by Crippen LogP contribution is -2.15. The first-order valence-corrected chi connectivity index (χ1v) is 7.50. The van der Waals surface area contributed by atoms with Crippen molar-refractivity contribution < 1.29 is 18.0 Å². The van der Waals surface area contributed by atoms with Gasteiger partial charge in [-0.25, -0.2) is 4.68 Å². The molecule has 2 N–H and O–H groups in total. The highest BCUT2D eigenvalue weighted by molar-refractivity contribution is 5.92. The fraction of sp³-hybridized carbons (Fsp3) is 0.188. The van der Waals surface area contributed by atoms with E-state index in [-0.39, 0.29) is 23.6 Å². The molecule has 0 aliphatic carbocycles. The van der Waals surface area contributed by atoms with Crippen LogP contribution in [0.1, 0.15) is 11.4 Å². The summed E-state index contributed by atoms with van der Waals surface area (Å²) in [7, 11) is 1.53. The third kappa shape index (κ3) is 3.68. The Labute approximate surface area is 145 Å². The first kappa shape index (κ1) is 17.5. The first-order chi connectivity index (χ1) is 12.2. The van der Waals surface area contributed by atoms with Crippen LogP contribution in [-0.2, 0) is 24.4 Å².